The quantitative estimate of drug-likeness (QED) is 0.635. The Morgan fingerprint density at radius 3 is 2.52 bits per heavy atom. The number of carbonyl (C=O) groups excluding carboxylic acids is 2. The van der Waals surface area contributed by atoms with Gasteiger partial charge in [-0.3, -0.25) is 14.5 Å². The number of fused-ring (bicyclic) bond motifs is 3. The summed E-state index contributed by atoms with van der Waals surface area (Å²) in [5.41, 5.74) is 1.31. The molecule has 1 N–H and O–H groups in total. The Morgan fingerprint density at radius 1 is 1.06 bits per heavy atom. The van der Waals surface area contributed by atoms with Gasteiger partial charge in [-0.1, -0.05) is 6.42 Å². The van der Waals surface area contributed by atoms with E-state index >= 15 is 0 Å². The second kappa shape index (κ2) is 9.99. The number of nitrogens with zero attached hydrogens (tertiary/aromatic N) is 4. The summed E-state index contributed by atoms with van der Waals surface area (Å²) in [4.78, 5) is 32.2. The van der Waals surface area contributed by atoms with Crippen molar-refractivity contribution in [2.45, 2.75) is 49.5 Å². The van der Waals surface area contributed by atoms with Crippen LogP contribution in [0.1, 0.15) is 38.5 Å². The first-order valence-electron chi connectivity index (χ1n) is 11.9. The van der Waals surface area contributed by atoms with E-state index in [4.69, 9.17) is 0 Å². The van der Waals surface area contributed by atoms with Crippen molar-refractivity contribution in [2.75, 3.05) is 63.2 Å². The van der Waals surface area contributed by atoms with Gasteiger partial charge in [0.2, 0.25) is 21.8 Å². The maximum Gasteiger partial charge on any atom is 0.250 e. The second-order valence-electron chi connectivity index (χ2n) is 9.32. The molecule has 10 heteroatoms. The normalized spacial score (nSPS) is 21.7. The van der Waals surface area contributed by atoms with E-state index < -0.39 is 10.0 Å². The van der Waals surface area contributed by atoms with Crippen LogP contribution in [-0.2, 0) is 19.6 Å². The van der Waals surface area contributed by atoms with Crippen molar-refractivity contribution in [3.8, 4) is 0 Å². The molecule has 0 radical (unpaired) electrons. The molecule has 9 nitrogen and oxygen atoms in total. The molecule has 0 aliphatic carbocycles. The van der Waals surface area contributed by atoms with E-state index in [1.165, 1.54) is 44.3 Å². The van der Waals surface area contributed by atoms with Gasteiger partial charge in [0.1, 0.15) is 12.6 Å². The highest BCUT2D eigenvalue weighted by molar-refractivity contribution is 7.89. The van der Waals surface area contributed by atoms with Crippen molar-refractivity contribution >= 4 is 33.2 Å². The van der Waals surface area contributed by atoms with Crippen molar-refractivity contribution in [1.29, 1.82) is 0 Å². The Balaban J connectivity index is 1.54. The minimum Gasteiger partial charge on any atom is -0.358 e. The van der Waals surface area contributed by atoms with Crippen LogP contribution in [0, 0.1) is 0 Å². The third kappa shape index (κ3) is 5.02. The van der Waals surface area contributed by atoms with Crippen molar-refractivity contribution in [3.05, 3.63) is 18.2 Å². The summed E-state index contributed by atoms with van der Waals surface area (Å²) in [5, 5.41) is 2.95. The molecule has 2 fully saturated rings. The number of carbonyl (C=O) groups is 2. The molecule has 0 saturated carbocycles. The minimum absolute atomic E-state index is 0.109. The zero-order chi connectivity index (χ0) is 23.6. The van der Waals surface area contributed by atoms with Gasteiger partial charge in [-0.25, -0.2) is 12.7 Å². The van der Waals surface area contributed by atoms with E-state index in [-0.39, 0.29) is 29.3 Å². The third-order valence-electron chi connectivity index (χ3n) is 6.88. The first kappa shape index (κ1) is 24.0. The fraction of sp³-hybridized carbons (Fsp3) is 0.652. The predicted molar refractivity (Wildman–Crippen MR) is 128 cm³/mol. The number of rotatable bonds is 7. The summed E-state index contributed by atoms with van der Waals surface area (Å²) >= 11 is 0. The van der Waals surface area contributed by atoms with Crippen LogP contribution in [0.25, 0.3) is 0 Å². The molecule has 0 spiro atoms. The van der Waals surface area contributed by atoms with Gasteiger partial charge in [0.15, 0.2) is 0 Å². The monoisotopic (exact) mass is 477 g/mol. The Bertz CT molecular complexity index is 991. The van der Waals surface area contributed by atoms with Crippen molar-refractivity contribution in [2.24, 2.45) is 0 Å². The number of amides is 2. The number of nitrogens with one attached hydrogen (secondary N) is 1. The molecule has 4 rings (SSSR count). The molecule has 1 atom stereocenters. The van der Waals surface area contributed by atoms with Gasteiger partial charge in [0, 0.05) is 33.7 Å². The van der Waals surface area contributed by atoms with Crippen LogP contribution in [-0.4, -0.2) is 88.8 Å². The van der Waals surface area contributed by atoms with Crippen molar-refractivity contribution in [3.63, 3.8) is 0 Å². The summed E-state index contributed by atoms with van der Waals surface area (Å²) < 4.78 is 26.6. The summed E-state index contributed by atoms with van der Waals surface area (Å²) in [5.74, 6) is -0.357. The van der Waals surface area contributed by atoms with Gasteiger partial charge < -0.3 is 15.1 Å². The lowest BCUT2D eigenvalue weighted by molar-refractivity contribution is -0.125. The highest BCUT2D eigenvalue weighted by Crippen LogP contribution is 2.40. The van der Waals surface area contributed by atoms with Crippen LogP contribution in [0.4, 0.5) is 11.4 Å². The molecule has 3 heterocycles. The number of likely N-dealkylation sites (tertiary alicyclic amines) is 1. The lowest BCUT2D eigenvalue weighted by Gasteiger charge is -2.45. The SMILES string of the molecule is CN(C)S(=O)(=O)c1ccc2c(c1)N(CC(=O)NCCN1CCCCC1)C(=O)[C@H]1CCCCN21. The molecule has 0 unspecified atom stereocenters. The number of benzene rings is 1. The van der Waals surface area contributed by atoms with Gasteiger partial charge in [0.25, 0.3) is 0 Å². The van der Waals surface area contributed by atoms with Crippen molar-refractivity contribution in [1.82, 2.24) is 14.5 Å². The predicted octanol–water partition coefficient (Wildman–Crippen LogP) is 1.24. The van der Waals surface area contributed by atoms with E-state index in [0.29, 0.717) is 12.2 Å². The molecular weight excluding hydrogens is 442 g/mol. The molecule has 1 aromatic rings. The van der Waals surface area contributed by atoms with Gasteiger partial charge in [-0.15, -0.1) is 0 Å². The van der Waals surface area contributed by atoms with Gasteiger partial charge in [-0.2, -0.15) is 0 Å². The molecule has 33 heavy (non-hydrogen) atoms. The van der Waals surface area contributed by atoms with Crippen LogP contribution in [0.15, 0.2) is 23.1 Å². The van der Waals surface area contributed by atoms with Crippen LogP contribution in [0.5, 0.6) is 0 Å². The number of piperidine rings is 2. The highest BCUT2D eigenvalue weighted by atomic mass is 32.2. The first-order valence-corrected chi connectivity index (χ1v) is 13.4. The zero-order valence-electron chi connectivity index (χ0n) is 19.6. The topological polar surface area (TPSA) is 93.3 Å². The summed E-state index contributed by atoms with van der Waals surface area (Å²) in [6.45, 7) is 4.11. The number of anilines is 2. The third-order valence-corrected chi connectivity index (χ3v) is 8.69. The fourth-order valence-electron chi connectivity index (χ4n) is 5.01. The Hall–Kier alpha value is -2.17. The van der Waals surface area contributed by atoms with Gasteiger partial charge in [0.05, 0.1) is 16.3 Å². The first-order chi connectivity index (χ1) is 15.8. The fourth-order valence-corrected chi connectivity index (χ4v) is 5.93. The molecule has 0 aromatic heterocycles. The minimum atomic E-state index is -3.66. The summed E-state index contributed by atoms with van der Waals surface area (Å²) in [6.07, 6.45) is 6.35. The van der Waals surface area contributed by atoms with E-state index in [2.05, 4.69) is 15.1 Å². The van der Waals surface area contributed by atoms with Crippen LogP contribution in [0.3, 0.4) is 0 Å². The smallest absolute Gasteiger partial charge is 0.250 e. The van der Waals surface area contributed by atoms with E-state index in [1.807, 2.05) is 0 Å². The number of hydrogen-bond donors (Lipinski definition) is 1. The average molecular weight is 478 g/mol. The van der Waals surface area contributed by atoms with E-state index in [9.17, 15) is 18.0 Å². The second-order valence-corrected chi connectivity index (χ2v) is 11.5. The summed E-state index contributed by atoms with van der Waals surface area (Å²) in [6, 6.07) is 4.60. The standard InChI is InChI=1S/C23H35N5O4S/c1-25(2)33(31,32)18-9-10-19-21(16-18)28(23(30)20-8-4-7-14-27(19)20)17-22(29)24-11-15-26-12-5-3-6-13-26/h9-10,16,20H,3-8,11-15,17H2,1-2H3,(H,24,29)/t20-/m1/s1. The molecule has 1 aromatic carbocycles. The van der Waals surface area contributed by atoms with Gasteiger partial charge >= 0.3 is 0 Å². The van der Waals surface area contributed by atoms with Crippen molar-refractivity contribution < 1.29 is 18.0 Å². The Labute approximate surface area is 196 Å². The Morgan fingerprint density at radius 2 is 1.79 bits per heavy atom. The molecule has 0 bridgehead atoms. The molecule has 2 saturated heterocycles. The molecule has 3 aliphatic heterocycles. The molecule has 2 amide bonds. The highest BCUT2D eigenvalue weighted by Gasteiger charge is 2.40. The van der Waals surface area contributed by atoms with E-state index in [1.54, 1.807) is 12.1 Å². The van der Waals surface area contributed by atoms with Crippen LogP contribution in [0.2, 0.25) is 0 Å². The Kier molecular flexibility index (Phi) is 7.25. The van der Waals surface area contributed by atoms with E-state index in [0.717, 1.165) is 55.4 Å². The number of sulfonamides is 1. The average Bonchev–Trinajstić information content (AvgIpc) is 2.82. The largest absolute Gasteiger partial charge is 0.358 e. The molecule has 182 valence electrons. The number of hydrogen-bond acceptors (Lipinski definition) is 6. The summed E-state index contributed by atoms with van der Waals surface area (Å²) in [7, 11) is -0.704. The lowest BCUT2D eigenvalue weighted by Crippen LogP contribution is -2.57. The zero-order valence-corrected chi connectivity index (χ0v) is 20.4. The molecular formula is C23H35N5O4S. The maximum absolute atomic E-state index is 13.4. The van der Waals surface area contributed by atoms with Crippen LogP contribution >= 0.6 is 0 Å². The molecule has 3 aliphatic rings. The van der Waals surface area contributed by atoms with Gasteiger partial charge in [-0.05, 0) is 63.4 Å². The van der Waals surface area contributed by atoms with Crippen LogP contribution < -0.4 is 15.1 Å². The lowest BCUT2D eigenvalue weighted by atomic mass is 9.96. The maximum atomic E-state index is 13.4.